The second-order valence-electron chi connectivity index (χ2n) is 4.28. The Bertz CT molecular complexity index is 660. The fraction of sp³-hybridized carbons (Fsp3) is 0.0625. The van der Waals surface area contributed by atoms with Gasteiger partial charge in [0.15, 0.2) is 0 Å². The van der Waals surface area contributed by atoms with Crippen LogP contribution in [0.2, 0.25) is 0 Å². The van der Waals surface area contributed by atoms with Crippen LogP contribution in [0.4, 0.5) is 4.39 Å². The summed E-state index contributed by atoms with van der Waals surface area (Å²) in [6.45, 7) is -0.517. The molecule has 0 aliphatic carbocycles. The van der Waals surface area contributed by atoms with Crippen LogP contribution in [-0.4, -0.2) is 9.78 Å². The van der Waals surface area contributed by atoms with Gasteiger partial charge in [-0.15, -0.1) is 0 Å². The Morgan fingerprint density at radius 2 is 1.53 bits per heavy atom. The van der Waals surface area contributed by atoms with E-state index in [0.29, 0.717) is 11.3 Å². The normalized spacial score (nSPS) is 10.6. The van der Waals surface area contributed by atoms with E-state index in [1.807, 2.05) is 60.7 Å². The molecule has 2 nitrogen and oxygen atoms in total. The molecule has 3 heteroatoms. The number of aromatic nitrogens is 2. The molecular weight excluding hydrogens is 239 g/mol. The summed E-state index contributed by atoms with van der Waals surface area (Å²) in [5, 5.41) is 4.50. The average molecular weight is 252 g/mol. The molecule has 0 radical (unpaired) electrons. The third-order valence-electron chi connectivity index (χ3n) is 3.00. The van der Waals surface area contributed by atoms with Crippen molar-refractivity contribution in [1.82, 2.24) is 9.78 Å². The van der Waals surface area contributed by atoms with Crippen LogP contribution >= 0.6 is 0 Å². The molecule has 0 fully saturated rings. The lowest BCUT2D eigenvalue weighted by Gasteiger charge is -2.00. The molecule has 0 N–H and O–H groups in total. The molecule has 0 saturated heterocycles. The minimum absolute atomic E-state index is 0.517. The molecule has 3 rings (SSSR count). The van der Waals surface area contributed by atoms with Crippen LogP contribution in [0.5, 0.6) is 0 Å². The van der Waals surface area contributed by atoms with Crippen LogP contribution in [0.3, 0.4) is 0 Å². The summed E-state index contributed by atoms with van der Waals surface area (Å²) in [4.78, 5) is 0. The number of hydrogen-bond acceptors (Lipinski definition) is 1. The van der Waals surface area contributed by atoms with Crippen molar-refractivity contribution in [1.29, 1.82) is 0 Å². The van der Waals surface area contributed by atoms with Gasteiger partial charge in [0.05, 0.1) is 11.4 Å². The predicted octanol–water partition coefficient (Wildman–Crippen LogP) is 4.01. The highest BCUT2D eigenvalue weighted by atomic mass is 19.1. The van der Waals surface area contributed by atoms with E-state index in [-0.39, 0.29) is 0 Å². The average Bonchev–Trinajstić information content (AvgIpc) is 2.93. The maximum atomic E-state index is 13.1. The smallest absolute Gasteiger partial charge is 0.118 e. The number of nitrogens with zero attached hydrogens (tertiary/aromatic N) is 2. The molecule has 0 spiro atoms. The van der Waals surface area contributed by atoms with E-state index in [2.05, 4.69) is 5.10 Å². The molecule has 1 aromatic heterocycles. The number of hydrogen-bond donors (Lipinski definition) is 0. The SMILES string of the molecule is FCc1cn(-c2ccccc2)nc1-c1ccccc1. The lowest BCUT2D eigenvalue weighted by molar-refractivity contribution is 0.486. The standard InChI is InChI=1S/C16H13FN2/c17-11-14-12-19(15-9-5-2-6-10-15)18-16(14)13-7-3-1-4-8-13/h1-10,12H,11H2. The van der Waals surface area contributed by atoms with Gasteiger partial charge in [-0.3, -0.25) is 0 Å². The van der Waals surface area contributed by atoms with Crippen LogP contribution in [0.1, 0.15) is 5.56 Å². The van der Waals surface area contributed by atoms with E-state index in [0.717, 1.165) is 11.3 Å². The van der Waals surface area contributed by atoms with Gasteiger partial charge in [-0.25, -0.2) is 9.07 Å². The molecular formula is C16H13FN2. The zero-order valence-electron chi connectivity index (χ0n) is 10.3. The first-order valence-corrected chi connectivity index (χ1v) is 6.14. The lowest BCUT2D eigenvalue weighted by atomic mass is 10.1. The molecule has 0 saturated carbocycles. The predicted molar refractivity (Wildman–Crippen MR) is 73.8 cm³/mol. The van der Waals surface area contributed by atoms with E-state index in [9.17, 15) is 4.39 Å². The van der Waals surface area contributed by atoms with Crippen molar-refractivity contribution in [3.05, 3.63) is 72.4 Å². The zero-order chi connectivity index (χ0) is 13.1. The van der Waals surface area contributed by atoms with Gasteiger partial charge in [-0.1, -0.05) is 48.5 Å². The monoisotopic (exact) mass is 252 g/mol. The fourth-order valence-corrected chi connectivity index (χ4v) is 2.06. The van der Waals surface area contributed by atoms with Gasteiger partial charge in [-0.2, -0.15) is 5.10 Å². The molecule has 94 valence electrons. The van der Waals surface area contributed by atoms with Gasteiger partial charge in [0.1, 0.15) is 6.67 Å². The highest BCUT2D eigenvalue weighted by molar-refractivity contribution is 5.63. The highest BCUT2D eigenvalue weighted by Gasteiger charge is 2.11. The van der Waals surface area contributed by atoms with E-state index in [1.165, 1.54) is 0 Å². The summed E-state index contributed by atoms with van der Waals surface area (Å²) >= 11 is 0. The second kappa shape index (κ2) is 5.06. The van der Waals surface area contributed by atoms with Gasteiger partial charge in [0.2, 0.25) is 0 Å². The first kappa shape index (κ1) is 11.7. The van der Waals surface area contributed by atoms with Gasteiger partial charge in [0.25, 0.3) is 0 Å². The highest BCUT2D eigenvalue weighted by Crippen LogP contribution is 2.24. The molecule has 0 aliphatic rings. The molecule has 0 atom stereocenters. The topological polar surface area (TPSA) is 17.8 Å². The van der Waals surface area contributed by atoms with Crippen LogP contribution in [0.25, 0.3) is 16.9 Å². The quantitative estimate of drug-likeness (QED) is 0.688. The lowest BCUT2D eigenvalue weighted by Crippen LogP contribution is -1.93. The Morgan fingerprint density at radius 3 is 2.16 bits per heavy atom. The van der Waals surface area contributed by atoms with Crippen molar-refractivity contribution in [2.24, 2.45) is 0 Å². The van der Waals surface area contributed by atoms with Gasteiger partial charge in [-0.05, 0) is 12.1 Å². The molecule has 19 heavy (non-hydrogen) atoms. The van der Waals surface area contributed by atoms with E-state index < -0.39 is 6.67 Å². The number of rotatable bonds is 3. The second-order valence-corrected chi connectivity index (χ2v) is 4.28. The van der Waals surface area contributed by atoms with Crippen LogP contribution in [0.15, 0.2) is 66.9 Å². The van der Waals surface area contributed by atoms with Crippen LogP contribution in [-0.2, 0) is 6.67 Å². The van der Waals surface area contributed by atoms with E-state index >= 15 is 0 Å². The minimum Gasteiger partial charge on any atom is -0.246 e. The van der Waals surface area contributed by atoms with Gasteiger partial charge in [0, 0.05) is 17.3 Å². The van der Waals surface area contributed by atoms with E-state index in [1.54, 1.807) is 10.9 Å². The van der Waals surface area contributed by atoms with Crippen molar-refractivity contribution >= 4 is 0 Å². The summed E-state index contributed by atoms with van der Waals surface area (Å²) in [7, 11) is 0. The third-order valence-corrected chi connectivity index (χ3v) is 3.00. The van der Waals surface area contributed by atoms with E-state index in [4.69, 9.17) is 0 Å². The van der Waals surface area contributed by atoms with Crippen molar-refractivity contribution in [2.75, 3.05) is 0 Å². The Balaban J connectivity index is 2.09. The number of benzene rings is 2. The largest absolute Gasteiger partial charge is 0.246 e. The fourth-order valence-electron chi connectivity index (χ4n) is 2.06. The van der Waals surface area contributed by atoms with Crippen molar-refractivity contribution < 1.29 is 4.39 Å². The Hall–Kier alpha value is -2.42. The molecule has 0 bridgehead atoms. The summed E-state index contributed by atoms with van der Waals surface area (Å²) < 4.78 is 14.9. The minimum atomic E-state index is -0.517. The number of alkyl halides is 1. The number of halogens is 1. The summed E-state index contributed by atoms with van der Waals surface area (Å²) in [5.74, 6) is 0. The maximum Gasteiger partial charge on any atom is 0.118 e. The maximum absolute atomic E-state index is 13.1. The molecule has 0 aliphatic heterocycles. The molecule has 3 aromatic rings. The molecule has 1 heterocycles. The van der Waals surface area contributed by atoms with Crippen molar-refractivity contribution in [3.8, 4) is 16.9 Å². The Kier molecular flexibility index (Phi) is 3.11. The Morgan fingerprint density at radius 1 is 0.895 bits per heavy atom. The molecule has 0 amide bonds. The van der Waals surface area contributed by atoms with Crippen molar-refractivity contribution in [2.45, 2.75) is 6.67 Å². The van der Waals surface area contributed by atoms with Crippen LogP contribution in [0, 0.1) is 0 Å². The van der Waals surface area contributed by atoms with Gasteiger partial charge >= 0.3 is 0 Å². The first-order valence-electron chi connectivity index (χ1n) is 6.14. The molecule has 2 aromatic carbocycles. The summed E-state index contributed by atoms with van der Waals surface area (Å²) in [6, 6.07) is 19.4. The third kappa shape index (κ3) is 2.27. The summed E-state index contributed by atoms with van der Waals surface area (Å²) in [5.41, 5.74) is 3.17. The zero-order valence-corrected chi connectivity index (χ0v) is 10.3. The molecule has 0 unspecified atom stereocenters. The number of para-hydroxylation sites is 1. The van der Waals surface area contributed by atoms with Gasteiger partial charge < -0.3 is 0 Å². The Labute approximate surface area is 111 Å². The van der Waals surface area contributed by atoms with Crippen LogP contribution < -0.4 is 0 Å². The van der Waals surface area contributed by atoms with Crippen molar-refractivity contribution in [3.63, 3.8) is 0 Å². The first-order chi connectivity index (χ1) is 9.38. The summed E-state index contributed by atoms with van der Waals surface area (Å²) in [6.07, 6.45) is 1.75.